The van der Waals surface area contributed by atoms with Gasteiger partial charge in [-0.3, -0.25) is 0 Å². The second-order valence-corrected chi connectivity index (χ2v) is 5.28. The SMILES string of the molecule is COCCNCc1nnnn1CCC1CCCCC1. The number of hydrogen-bond acceptors (Lipinski definition) is 5. The van der Waals surface area contributed by atoms with Crippen LogP contribution in [0.5, 0.6) is 0 Å². The van der Waals surface area contributed by atoms with Crippen molar-refractivity contribution in [3.05, 3.63) is 5.82 Å². The Morgan fingerprint density at radius 2 is 2.16 bits per heavy atom. The van der Waals surface area contributed by atoms with E-state index < -0.39 is 0 Å². The van der Waals surface area contributed by atoms with Gasteiger partial charge in [-0.15, -0.1) is 5.10 Å². The Bertz CT molecular complexity index is 349. The fraction of sp³-hybridized carbons (Fsp3) is 0.923. The summed E-state index contributed by atoms with van der Waals surface area (Å²) in [6, 6.07) is 0. The molecule has 108 valence electrons. The van der Waals surface area contributed by atoms with Gasteiger partial charge in [0.05, 0.1) is 13.2 Å². The van der Waals surface area contributed by atoms with E-state index >= 15 is 0 Å². The first kappa shape index (κ1) is 14.4. The Hall–Kier alpha value is -1.01. The number of nitrogens with one attached hydrogen (secondary N) is 1. The number of aryl methyl sites for hydroxylation is 1. The van der Waals surface area contributed by atoms with Crippen LogP contribution in [0.3, 0.4) is 0 Å². The fourth-order valence-corrected chi connectivity index (χ4v) is 2.68. The van der Waals surface area contributed by atoms with Crippen LogP contribution in [0.15, 0.2) is 0 Å². The van der Waals surface area contributed by atoms with Gasteiger partial charge in [0.15, 0.2) is 5.82 Å². The number of aromatic nitrogens is 4. The van der Waals surface area contributed by atoms with E-state index in [1.54, 1.807) is 7.11 Å². The minimum absolute atomic E-state index is 0.709. The summed E-state index contributed by atoms with van der Waals surface area (Å²) >= 11 is 0. The first-order valence-electron chi connectivity index (χ1n) is 7.35. The van der Waals surface area contributed by atoms with E-state index in [-0.39, 0.29) is 0 Å². The summed E-state index contributed by atoms with van der Waals surface area (Å²) < 4.78 is 6.94. The zero-order valence-corrected chi connectivity index (χ0v) is 11.8. The average Bonchev–Trinajstić information content (AvgIpc) is 2.90. The van der Waals surface area contributed by atoms with Gasteiger partial charge in [0.1, 0.15) is 0 Å². The standard InChI is InChI=1S/C13H25N5O/c1-19-10-8-14-11-13-15-16-17-18(13)9-7-12-5-3-2-4-6-12/h12,14H,2-11H2,1H3. The number of hydrogen-bond donors (Lipinski definition) is 1. The van der Waals surface area contributed by atoms with Crippen molar-refractivity contribution in [3.8, 4) is 0 Å². The molecule has 1 aromatic heterocycles. The Labute approximate surface area is 114 Å². The van der Waals surface area contributed by atoms with Crippen LogP contribution in [0.25, 0.3) is 0 Å². The molecular formula is C13H25N5O. The van der Waals surface area contributed by atoms with Gasteiger partial charge in [-0.25, -0.2) is 4.68 Å². The van der Waals surface area contributed by atoms with Crippen LogP contribution in [0.1, 0.15) is 44.3 Å². The quantitative estimate of drug-likeness (QED) is 0.721. The summed E-state index contributed by atoms with van der Waals surface area (Å²) in [7, 11) is 1.70. The van der Waals surface area contributed by atoms with Gasteiger partial charge in [-0.2, -0.15) is 0 Å². The van der Waals surface area contributed by atoms with Crippen LogP contribution in [0.2, 0.25) is 0 Å². The van der Waals surface area contributed by atoms with Gasteiger partial charge in [0.25, 0.3) is 0 Å². The fourth-order valence-electron chi connectivity index (χ4n) is 2.68. The lowest BCUT2D eigenvalue weighted by atomic mass is 9.87. The molecule has 6 heteroatoms. The van der Waals surface area contributed by atoms with E-state index in [0.717, 1.165) is 24.8 Å². The van der Waals surface area contributed by atoms with Crippen molar-refractivity contribution in [3.63, 3.8) is 0 Å². The van der Waals surface area contributed by atoms with Gasteiger partial charge in [-0.05, 0) is 22.8 Å². The van der Waals surface area contributed by atoms with E-state index in [0.29, 0.717) is 13.2 Å². The minimum Gasteiger partial charge on any atom is -0.383 e. The lowest BCUT2D eigenvalue weighted by molar-refractivity contribution is 0.198. The van der Waals surface area contributed by atoms with Gasteiger partial charge in [0, 0.05) is 20.2 Å². The third-order valence-electron chi connectivity index (χ3n) is 3.85. The second-order valence-electron chi connectivity index (χ2n) is 5.28. The normalized spacial score (nSPS) is 16.9. The first-order chi connectivity index (χ1) is 9.40. The van der Waals surface area contributed by atoms with Crippen molar-refractivity contribution in [2.75, 3.05) is 20.3 Å². The molecule has 19 heavy (non-hydrogen) atoms. The van der Waals surface area contributed by atoms with Crippen molar-refractivity contribution in [2.24, 2.45) is 5.92 Å². The number of tetrazole rings is 1. The first-order valence-corrected chi connectivity index (χ1v) is 7.35. The zero-order chi connectivity index (χ0) is 13.3. The summed E-state index contributed by atoms with van der Waals surface area (Å²) in [6.45, 7) is 3.19. The Morgan fingerprint density at radius 3 is 2.95 bits per heavy atom. The Kier molecular flexibility index (Phi) is 6.23. The third-order valence-corrected chi connectivity index (χ3v) is 3.85. The Balaban J connectivity index is 1.72. The predicted octanol–water partition coefficient (Wildman–Crippen LogP) is 1.38. The van der Waals surface area contributed by atoms with Crippen molar-refractivity contribution in [1.82, 2.24) is 25.5 Å². The predicted molar refractivity (Wildman–Crippen MR) is 72.6 cm³/mol. The molecule has 6 nitrogen and oxygen atoms in total. The highest BCUT2D eigenvalue weighted by Crippen LogP contribution is 2.26. The molecule has 0 radical (unpaired) electrons. The van der Waals surface area contributed by atoms with Crippen LogP contribution >= 0.6 is 0 Å². The molecule has 1 fully saturated rings. The van der Waals surface area contributed by atoms with Crippen molar-refractivity contribution >= 4 is 0 Å². The highest BCUT2D eigenvalue weighted by atomic mass is 16.5. The third kappa shape index (κ3) is 4.87. The zero-order valence-electron chi connectivity index (χ0n) is 11.8. The van der Waals surface area contributed by atoms with E-state index in [1.165, 1.54) is 38.5 Å². The van der Waals surface area contributed by atoms with Crippen molar-refractivity contribution < 1.29 is 4.74 Å². The summed E-state index contributed by atoms with van der Waals surface area (Å²) in [6.07, 6.45) is 8.16. The van der Waals surface area contributed by atoms with Crippen LogP contribution < -0.4 is 5.32 Å². The molecule has 0 spiro atoms. The van der Waals surface area contributed by atoms with Crippen LogP contribution in [0, 0.1) is 5.92 Å². The lowest BCUT2D eigenvalue weighted by Gasteiger charge is -2.21. The topological polar surface area (TPSA) is 64.9 Å². The molecule has 0 unspecified atom stereocenters. The summed E-state index contributed by atoms with van der Waals surface area (Å²) in [5.41, 5.74) is 0. The molecule has 1 aliphatic rings. The number of methoxy groups -OCH3 is 1. The van der Waals surface area contributed by atoms with Gasteiger partial charge in [-0.1, -0.05) is 32.1 Å². The van der Waals surface area contributed by atoms with Gasteiger partial charge in [0.2, 0.25) is 0 Å². The molecule has 1 heterocycles. The molecule has 0 aliphatic heterocycles. The molecule has 1 saturated carbocycles. The second kappa shape index (κ2) is 8.22. The molecule has 0 bridgehead atoms. The van der Waals surface area contributed by atoms with E-state index in [1.807, 2.05) is 4.68 Å². The molecule has 0 saturated heterocycles. The Morgan fingerprint density at radius 1 is 1.32 bits per heavy atom. The van der Waals surface area contributed by atoms with Crippen LogP contribution in [-0.2, 0) is 17.8 Å². The number of nitrogens with zero attached hydrogens (tertiary/aromatic N) is 4. The number of ether oxygens (including phenoxy) is 1. The summed E-state index contributed by atoms with van der Waals surface area (Å²) in [5, 5.41) is 15.2. The molecule has 0 aromatic carbocycles. The monoisotopic (exact) mass is 267 g/mol. The molecule has 0 amide bonds. The molecule has 1 aliphatic carbocycles. The van der Waals surface area contributed by atoms with Gasteiger partial charge < -0.3 is 10.1 Å². The molecule has 1 aromatic rings. The molecule has 0 atom stereocenters. The summed E-state index contributed by atoms with van der Waals surface area (Å²) in [5.74, 6) is 1.79. The molecule has 1 N–H and O–H groups in total. The maximum absolute atomic E-state index is 5.00. The minimum atomic E-state index is 0.709. The van der Waals surface area contributed by atoms with Crippen molar-refractivity contribution in [1.29, 1.82) is 0 Å². The van der Waals surface area contributed by atoms with Crippen LogP contribution in [-0.4, -0.2) is 40.5 Å². The summed E-state index contributed by atoms with van der Waals surface area (Å²) in [4.78, 5) is 0. The lowest BCUT2D eigenvalue weighted by Crippen LogP contribution is -2.22. The maximum atomic E-state index is 5.00. The highest BCUT2D eigenvalue weighted by molar-refractivity contribution is 4.80. The van der Waals surface area contributed by atoms with E-state index in [9.17, 15) is 0 Å². The average molecular weight is 267 g/mol. The largest absolute Gasteiger partial charge is 0.383 e. The molecular weight excluding hydrogens is 242 g/mol. The molecule has 2 rings (SSSR count). The van der Waals surface area contributed by atoms with E-state index in [4.69, 9.17) is 4.74 Å². The smallest absolute Gasteiger partial charge is 0.165 e. The maximum Gasteiger partial charge on any atom is 0.165 e. The van der Waals surface area contributed by atoms with E-state index in [2.05, 4.69) is 20.8 Å². The van der Waals surface area contributed by atoms with Gasteiger partial charge >= 0.3 is 0 Å². The highest BCUT2D eigenvalue weighted by Gasteiger charge is 2.14. The van der Waals surface area contributed by atoms with Crippen molar-refractivity contribution in [2.45, 2.75) is 51.6 Å². The number of rotatable bonds is 8. The van der Waals surface area contributed by atoms with Crippen LogP contribution in [0.4, 0.5) is 0 Å².